The number of anilines is 1. The lowest BCUT2D eigenvalue weighted by Gasteiger charge is -2.05. The number of aryl methyl sites for hydroxylation is 1. The van der Waals surface area contributed by atoms with E-state index in [-0.39, 0.29) is 5.82 Å². The summed E-state index contributed by atoms with van der Waals surface area (Å²) in [5, 5.41) is 3.15. The fourth-order valence-electron chi connectivity index (χ4n) is 1.57. The number of nitrogens with one attached hydrogen (secondary N) is 1. The first-order chi connectivity index (χ1) is 8.70. The molecule has 3 nitrogen and oxygen atoms in total. The van der Waals surface area contributed by atoms with Gasteiger partial charge in [0.1, 0.15) is 11.6 Å². The van der Waals surface area contributed by atoms with E-state index in [0.717, 1.165) is 24.3 Å². The number of rotatable bonds is 4. The largest absolute Gasteiger partial charge is 0.369 e. The number of aromatic nitrogens is 2. The van der Waals surface area contributed by atoms with Gasteiger partial charge in [0.05, 0.1) is 18.1 Å². The third kappa shape index (κ3) is 2.83. The molecule has 0 unspecified atom stereocenters. The molecule has 94 valence electrons. The molecule has 18 heavy (non-hydrogen) atoms. The molecule has 0 atom stereocenters. The Morgan fingerprint density at radius 2 is 2.06 bits per heavy atom. The molecule has 2 aromatic rings. The first-order valence-corrected chi connectivity index (χ1v) is 6.03. The van der Waals surface area contributed by atoms with Crippen molar-refractivity contribution >= 4 is 5.82 Å². The first-order valence-electron chi connectivity index (χ1n) is 6.03. The van der Waals surface area contributed by atoms with Crippen LogP contribution in [0.3, 0.4) is 0 Å². The zero-order chi connectivity index (χ0) is 13.0. The second-order valence-corrected chi connectivity index (χ2v) is 4.18. The highest BCUT2D eigenvalue weighted by molar-refractivity contribution is 5.59. The topological polar surface area (TPSA) is 37.8 Å². The zero-order valence-corrected chi connectivity index (χ0v) is 10.6. The van der Waals surface area contributed by atoms with Crippen LogP contribution in [0.5, 0.6) is 0 Å². The minimum atomic E-state index is -0.220. The highest BCUT2D eigenvalue weighted by atomic mass is 19.1. The molecule has 0 bridgehead atoms. The van der Waals surface area contributed by atoms with Crippen molar-refractivity contribution in [3.8, 4) is 11.3 Å². The second-order valence-electron chi connectivity index (χ2n) is 4.18. The molecule has 2 rings (SSSR count). The molecule has 0 fully saturated rings. The Morgan fingerprint density at radius 3 is 2.67 bits per heavy atom. The van der Waals surface area contributed by atoms with Crippen LogP contribution >= 0.6 is 0 Å². The molecular weight excluding hydrogens is 229 g/mol. The Labute approximate surface area is 106 Å². The van der Waals surface area contributed by atoms with Crippen molar-refractivity contribution in [3.05, 3.63) is 42.0 Å². The van der Waals surface area contributed by atoms with Gasteiger partial charge < -0.3 is 5.32 Å². The average molecular weight is 245 g/mol. The lowest BCUT2D eigenvalue weighted by atomic mass is 10.1. The highest BCUT2D eigenvalue weighted by Crippen LogP contribution is 2.19. The van der Waals surface area contributed by atoms with Gasteiger partial charge in [0.2, 0.25) is 0 Å². The summed E-state index contributed by atoms with van der Waals surface area (Å²) in [5.41, 5.74) is 2.05. The summed E-state index contributed by atoms with van der Waals surface area (Å²) in [6, 6.07) is 5.08. The van der Waals surface area contributed by atoms with Crippen LogP contribution in [0, 0.1) is 12.7 Å². The third-order valence-corrected chi connectivity index (χ3v) is 2.68. The van der Waals surface area contributed by atoms with Crippen LogP contribution in [0.2, 0.25) is 0 Å². The summed E-state index contributed by atoms with van der Waals surface area (Å²) in [4.78, 5) is 8.53. The SMILES string of the molecule is CCCNc1cnc(-c2ccc(C)c(F)c2)cn1. The van der Waals surface area contributed by atoms with Crippen LogP contribution in [0.15, 0.2) is 30.6 Å². The van der Waals surface area contributed by atoms with E-state index in [1.165, 1.54) is 6.07 Å². The maximum absolute atomic E-state index is 13.5. The van der Waals surface area contributed by atoms with E-state index in [1.807, 2.05) is 6.07 Å². The molecule has 0 aliphatic carbocycles. The molecule has 1 N–H and O–H groups in total. The van der Waals surface area contributed by atoms with Gasteiger partial charge in [-0.25, -0.2) is 9.37 Å². The van der Waals surface area contributed by atoms with E-state index in [1.54, 1.807) is 25.4 Å². The summed E-state index contributed by atoms with van der Waals surface area (Å²) in [7, 11) is 0. The molecule has 1 heterocycles. The van der Waals surface area contributed by atoms with Crippen LogP contribution in [0.1, 0.15) is 18.9 Å². The van der Waals surface area contributed by atoms with Gasteiger partial charge in [-0.1, -0.05) is 19.1 Å². The number of nitrogens with zero attached hydrogens (tertiary/aromatic N) is 2. The van der Waals surface area contributed by atoms with Crippen molar-refractivity contribution in [1.29, 1.82) is 0 Å². The summed E-state index contributed by atoms with van der Waals surface area (Å²) in [6.45, 7) is 4.69. The predicted octanol–water partition coefficient (Wildman–Crippen LogP) is 3.41. The Morgan fingerprint density at radius 1 is 1.22 bits per heavy atom. The summed E-state index contributed by atoms with van der Waals surface area (Å²) in [5.74, 6) is 0.524. The van der Waals surface area contributed by atoms with Crippen molar-refractivity contribution in [2.24, 2.45) is 0 Å². The number of hydrogen-bond acceptors (Lipinski definition) is 3. The average Bonchev–Trinajstić information content (AvgIpc) is 2.40. The Bertz CT molecular complexity index is 523. The molecule has 0 radical (unpaired) electrons. The maximum atomic E-state index is 13.5. The normalized spacial score (nSPS) is 10.4. The number of halogens is 1. The quantitative estimate of drug-likeness (QED) is 0.897. The van der Waals surface area contributed by atoms with Crippen LogP contribution < -0.4 is 5.32 Å². The van der Waals surface area contributed by atoms with E-state index in [9.17, 15) is 4.39 Å². The lowest BCUT2D eigenvalue weighted by molar-refractivity contribution is 0.619. The molecule has 1 aromatic heterocycles. The van der Waals surface area contributed by atoms with Gasteiger partial charge in [0.15, 0.2) is 0 Å². The van der Waals surface area contributed by atoms with Crippen LogP contribution in [-0.4, -0.2) is 16.5 Å². The Balaban J connectivity index is 2.20. The van der Waals surface area contributed by atoms with Gasteiger partial charge >= 0.3 is 0 Å². The smallest absolute Gasteiger partial charge is 0.144 e. The fourth-order valence-corrected chi connectivity index (χ4v) is 1.57. The van der Waals surface area contributed by atoms with Crippen LogP contribution in [0.4, 0.5) is 10.2 Å². The molecule has 0 aliphatic rings. The summed E-state index contributed by atoms with van der Waals surface area (Å²) < 4.78 is 13.5. The minimum Gasteiger partial charge on any atom is -0.369 e. The van der Waals surface area contributed by atoms with Crippen LogP contribution in [-0.2, 0) is 0 Å². The van der Waals surface area contributed by atoms with E-state index < -0.39 is 0 Å². The van der Waals surface area contributed by atoms with Gasteiger partial charge in [0.25, 0.3) is 0 Å². The Hall–Kier alpha value is -1.97. The molecule has 0 saturated heterocycles. The molecule has 0 spiro atoms. The second kappa shape index (κ2) is 5.58. The van der Waals surface area contributed by atoms with Gasteiger partial charge in [-0.15, -0.1) is 0 Å². The van der Waals surface area contributed by atoms with Gasteiger partial charge in [-0.3, -0.25) is 4.98 Å². The first kappa shape index (κ1) is 12.5. The van der Waals surface area contributed by atoms with Gasteiger partial charge in [0, 0.05) is 12.1 Å². The van der Waals surface area contributed by atoms with Gasteiger partial charge in [-0.05, 0) is 25.0 Å². The van der Waals surface area contributed by atoms with Crippen molar-refractivity contribution in [2.45, 2.75) is 20.3 Å². The standard InChI is InChI=1S/C14H16FN3/c1-3-6-16-14-9-17-13(8-18-14)11-5-4-10(2)12(15)7-11/h4-5,7-9H,3,6H2,1-2H3,(H,16,18). The third-order valence-electron chi connectivity index (χ3n) is 2.68. The van der Waals surface area contributed by atoms with E-state index >= 15 is 0 Å². The van der Waals surface area contributed by atoms with Crippen molar-refractivity contribution < 1.29 is 4.39 Å². The Kier molecular flexibility index (Phi) is 3.87. The molecular formula is C14H16FN3. The monoisotopic (exact) mass is 245 g/mol. The molecule has 0 aliphatic heterocycles. The maximum Gasteiger partial charge on any atom is 0.144 e. The molecule has 0 amide bonds. The van der Waals surface area contributed by atoms with E-state index in [2.05, 4.69) is 22.2 Å². The molecule has 4 heteroatoms. The van der Waals surface area contributed by atoms with Crippen LogP contribution in [0.25, 0.3) is 11.3 Å². The van der Waals surface area contributed by atoms with Crippen molar-refractivity contribution in [2.75, 3.05) is 11.9 Å². The number of hydrogen-bond donors (Lipinski definition) is 1. The predicted molar refractivity (Wildman–Crippen MR) is 70.9 cm³/mol. The fraction of sp³-hybridized carbons (Fsp3) is 0.286. The van der Waals surface area contributed by atoms with Gasteiger partial charge in [-0.2, -0.15) is 0 Å². The van der Waals surface area contributed by atoms with E-state index in [4.69, 9.17) is 0 Å². The van der Waals surface area contributed by atoms with Crippen molar-refractivity contribution in [3.63, 3.8) is 0 Å². The van der Waals surface area contributed by atoms with E-state index in [0.29, 0.717) is 11.3 Å². The molecule has 1 aromatic carbocycles. The zero-order valence-electron chi connectivity index (χ0n) is 10.6. The molecule has 0 saturated carbocycles. The highest BCUT2D eigenvalue weighted by Gasteiger charge is 2.04. The summed E-state index contributed by atoms with van der Waals surface area (Å²) in [6.07, 6.45) is 4.36. The minimum absolute atomic E-state index is 0.220. The number of benzene rings is 1. The summed E-state index contributed by atoms with van der Waals surface area (Å²) >= 11 is 0. The van der Waals surface area contributed by atoms with Crippen molar-refractivity contribution in [1.82, 2.24) is 9.97 Å². The lowest BCUT2D eigenvalue weighted by Crippen LogP contribution is -2.02.